The number of halogens is 3. The molecule has 1 amide bonds. The minimum absolute atomic E-state index is 0.0199. The van der Waals surface area contributed by atoms with E-state index in [1.807, 2.05) is 6.92 Å². The number of carbonyl (C=O) groups excluding carboxylic acids is 1. The van der Waals surface area contributed by atoms with Crippen molar-refractivity contribution < 1.29 is 14.3 Å². The van der Waals surface area contributed by atoms with Gasteiger partial charge in [0, 0.05) is 37.1 Å². The Hall–Kier alpha value is -0.880. The van der Waals surface area contributed by atoms with Crippen LogP contribution < -0.4 is 5.32 Å². The van der Waals surface area contributed by atoms with Gasteiger partial charge in [0.2, 0.25) is 5.91 Å². The fourth-order valence-electron chi connectivity index (χ4n) is 2.51. The molecule has 1 heterocycles. The van der Waals surface area contributed by atoms with Crippen LogP contribution in [0.3, 0.4) is 0 Å². The first-order valence-corrected chi connectivity index (χ1v) is 7.97. The molecule has 0 saturated carbocycles. The normalized spacial score (nSPS) is 17.9. The second-order valence-corrected chi connectivity index (χ2v) is 6.33. The Morgan fingerprint density at radius 1 is 1.41 bits per heavy atom. The van der Waals surface area contributed by atoms with E-state index in [0.717, 1.165) is 6.42 Å². The Balaban J connectivity index is 1.88. The number of benzene rings is 1. The molecular formula is C15H19Cl2FN2O2. The predicted molar refractivity (Wildman–Crippen MR) is 84.7 cm³/mol. The molecule has 7 heteroatoms. The Kier molecular flexibility index (Phi) is 6.03. The third kappa shape index (κ3) is 4.32. The fraction of sp³-hybridized carbons (Fsp3) is 0.533. The van der Waals surface area contributed by atoms with E-state index in [4.69, 9.17) is 23.2 Å². The Morgan fingerprint density at radius 2 is 2.14 bits per heavy atom. The molecule has 2 N–H and O–H groups in total. The number of nitrogens with zero attached hydrogens (tertiary/aromatic N) is 1. The standard InChI is InChI=1S/C15H19Cl2FN2O2/c1-9(11-5-14(18)13(17)6-12(11)16)19-7-10(21)8-20-4-2-3-15(20)22/h5-6,9-10,19,21H,2-4,7-8H2,1H3. The van der Waals surface area contributed by atoms with E-state index in [0.29, 0.717) is 30.1 Å². The summed E-state index contributed by atoms with van der Waals surface area (Å²) in [5.74, 6) is -0.451. The van der Waals surface area contributed by atoms with Gasteiger partial charge in [-0.3, -0.25) is 4.79 Å². The summed E-state index contributed by atoms with van der Waals surface area (Å²) in [7, 11) is 0. The summed E-state index contributed by atoms with van der Waals surface area (Å²) < 4.78 is 13.5. The van der Waals surface area contributed by atoms with Crippen LogP contribution in [-0.2, 0) is 4.79 Å². The largest absolute Gasteiger partial charge is 0.390 e. The van der Waals surface area contributed by atoms with Crippen LogP contribution >= 0.6 is 23.2 Å². The molecule has 1 aromatic carbocycles. The summed E-state index contributed by atoms with van der Waals surface area (Å²) in [4.78, 5) is 13.2. The van der Waals surface area contributed by atoms with Gasteiger partial charge in [0.1, 0.15) is 5.82 Å². The van der Waals surface area contributed by atoms with Crippen LogP contribution in [0.2, 0.25) is 10.0 Å². The van der Waals surface area contributed by atoms with Crippen LogP contribution in [0, 0.1) is 5.82 Å². The first-order valence-electron chi connectivity index (χ1n) is 7.22. The molecule has 0 radical (unpaired) electrons. The number of nitrogens with one attached hydrogen (secondary N) is 1. The molecule has 0 aliphatic carbocycles. The highest BCUT2D eigenvalue weighted by molar-refractivity contribution is 6.35. The van der Waals surface area contributed by atoms with Crippen LogP contribution in [0.15, 0.2) is 12.1 Å². The molecule has 2 unspecified atom stereocenters. The van der Waals surface area contributed by atoms with Gasteiger partial charge in [-0.25, -0.2) is 4.39 Å². The zero-order valence-electron chi connectivity index (χ0n) is 12.3. The minimum Gasteiger partial charge on any atom is -0.390 e. The highest BCUT2D eigenvalue weighted by atomic mass is 35.5. The smallest absolute Gasteiger partial charge is 0.222 e. The van der Waals surface area contributed by atoms with E-state index in [2.05, 4.69) is 5.32 Å². The number of aliphatic hydroxyl groups excluding tert-OH is 1. The molecule has 0 bridgehead atoms. The third-order valence-electron chi connectivity index (χ3n) is 3.77. The summed E-state index contributed by atoms with van der Waals surface area (Å²) in [6, 6.07) is 2.41. The van der Waals surface area contributed by atoms with Crippen molar-refractivity contribution in [3.63, 3.8) is 0 Å². The maximum absolute atomic E-state index is 13.5. The van der Waals surface area contributed by atoms with Gasteiger partial charge in [-0.2, -0.15) is 0 Å². The van der Waals surface area contributed by atoms with Crippen molar-refractivity contribution in [1.82, 2.24) is 10.2 Å². The predicted octanol–water partition coefficient (Wildman–Crippen LogP) is 2.77. The Labute approximate surface area is 139 Å². The van der Waals surface area contributed by atoms with Crippen molar-refractivity contribution >= 4 is 29.1 Å². The molecule has 1 saturated heterocycles. The zero-order valence-corrected chi connectivity index (χ0v) is 13.8. The molecule has 2 atom stereocenters. The summed E-state index contributed by atoms with van der Waals surface area (Å²) in [6.45, 7) is 3.11. The SMILES string of the molecule is CC(NCC(O)CN1CCCC1=O)c1cc(F)c(Cl)cc1Cl. The molecule has 0 spiro atoms. The lowest BCUT2D eigenvalue weighted by Gasteiger charge is -2.22. The van der Waals surface area contributed by atoms with Crippen LogP contribution in [0.4, 0.5) is 4.39 Å². The average Bonchev–Trinajstić information content (AvgIpc) is 2.85. The summed E-state index contributed by atoms with van der Waals surface area (Å²) in [5, 5.41) is 13.5. The molecule has 122 valence electrons. The van der Waals surface area contributed by atoms with Gasteiger partial charge < -0.3 is 15.3 Å². The van der Waals surface area contributed by atoms with Gasteiger partial charge in [0.15, 0.2) is 0 Å². The van der Waals surface area contributed by atoms with Crippen LogP contribution in [-0.4, -0.2) is 41.7 Å². The van der Waals surface area contributed by atoms with Crippen molar-refractivity contribution in [3.05, 3.63) is 33.6 Å². The van der Waals surface area contributed by atoms with Crippen molar-refractivity contribution in [3.8, 4) is 0 Å². The lowest BCUT2D eigenvalue weighted by molar-refractivity contribution is -0.128. The van der Waals surface area contributed by atoms with Crippen molar-refractivity contribution in [2.45, 2.75) is 31.9 Å². The number of likely N-dealkylation sites (tertiary alicyclic amines) is 1. The van der Waals surface area contributed by atoms with Gasteiger partial charge in [-0.05, 0) is 31.0 Å². The van der Waals surface area contributed by atoms with Crippen molar-refractivity contribution in [2.75, 3.05) is 19.6 Å². The van der Waals surface area contributed by atoms with Crippen LogP contribution in [0.1, 0.15) is 31.4 Å². The maximum atomic E-state index is 13.5. The molecule has 1 fully saturated rings. The first kappa shape index (κ1) is 17.5. The monoisotopic (exact) mass is 348 g/mol. The molecule has 2 rings (SSSR count). The van der Waals surface area contributed by atoms with E-state index in [1.54, 1.807) is 4.90 Å². The van der Waals surface area contributed by atoms with Crippen molar-refractivity contribution in [2.24, 2.45) is 0 Å². The van der Waals surface area contributed by atoms with Gasteiger partial charge in [-0.1, -0.05) is 23.2 Å². The second kappa shape index (κ2) is 7.59. The van der Waals surface area contributed by atoms with Crippen LogP contribution in [0.25, 0.3) is 0 Å². The summed E-state index contributed by atoms with van der Waals surface area (Å²) >= 11 is 11.7. The van der Waals surface area contributed by atoms with Gasteiger partial charge in [0.05, 0.1) is 11.1 Å². The zero-order chi connectivity index (χ0) is 16.3. The highest BCUT2D eigenvalue weighted by Gasteiger charge is 2.23. The van der Waals surface area contributed by atoms with E-state index in [-0.39, 0.29) is 23.5 Å². The number of rotatable bonds is 6. The quantitative estimate of drug-likeness (QED) is 0.777. The number of aliphatic hydroxyl groups is 1. The molecular weight excluding hydrogens is 330 g/mol. The molecule has 1 aliphatic rings. The Morgan fingerprint density at radius 3 is 2.77 bits per heavy atom. The number of amides is 1. The number of carbonyl (C=O) groups is 1. The lowest BCUT2D eigenvalue weighted by Crippen LogP contribution is -2.39. The van der Waals surface area contributed by atoms with Gasteiger partial charge >= 0.3 is 0 Å². The molecule has 4 nitrogen and oxygen atoms in total. The number of β-amino-alcohol motifs (C(OH)–C–C–N with tert-alkyl or cyclic N) is 1. The number of hydrogen-bond acceptors (Lipinski definition) is 3. The lowest BCUT2D eigenvalue weighted by atomic mass is 10.1. The van der Waals surface area contributed by atoms with Gasteiger partial charge in [0.25, 0.3) is 0 Å². The second-order valence-electron chi connectivity index (χ2n) is 5.51. The maximum Gasteiger partial charge on any atom is 0.222 e. The van der Waals surface area contributed by atoms with E-state index < -0.39 is 11.9 Å². The fourth-order valence-corrected chi connectivity index (χ4v) is 3.06. The average molecular weight is 349 g/mol. The number of hydrogen-bond donors (Lipinski definition) is 2. The third-order valence-corrected chi connectivity index (χ3v) is 4.39. The van der Waals surface area contributed by atoms with E-state index in [1.165, 1.54) is 12.1 Å². The summed E-state index contributed by atoms with van der Waals surface area (Å²) in [5.41, 5.74) is 0.577. The molecule has 22 heavy (non-hydrogen) atoms. The molecule has 1 aliphatic heterocycles. The first-order chi connectivity index (χ1) is 10.4. The topological polar surface area (TPSA) is 52.6 Å². The van der Waals surface area contributed by atoms with Gasteiger partial charge in [-0.15, -0.1) is 0 Å². The van der Waals surface area contributed by atoms with Crippen molar-refractivity contribution in [1.29, 1.82) is 0 Å². The molecule has 0 aromatic heterocycles. The Bertz CT molecular complexity index is 557. The molecule has 1 aromatic rings. The van der Waals surface area contributed by atoms with Crippen LogP contribution in [0.5, 0.6) is 0 Å². The minimum atomic E-state index is -0.680. The van der Waals surface area contributed by atoms with E-state index in [9.17, 15) is 14.3 Å². The van der Waals surface area contributed by atoms with E-state index >= 15 is 0 Å². The summed E-state index contributed by atoms with van der Waals surface area (Å²) in [6.07, 6.45) is 0.714. The highest BCUT2D eigenvalue weighted by Crippen LogP contribution is 2.28.